The monoisotopic (exact) mass is 357 g/mol. The van der Waals surface area contributed by atoms with Crippen LogP contribution in [0.3, 0.4) is 0 Å². The van der Waals surface area contributed by atoms with Gasteiger partial charge < -0.3 is 14.8 Å². The lowest BCUT2D eigenvalue weighted by atomic mass is 10.1. The molecule has 2 heterocycles. The number of nitrogens with one attached hydrogen (secondary N) is 1. The van der Waals surface area contributed by atoms with E-state index in [0.29, 0.717) is 6.01 Å². The number of fused-ring (bicyclic) bond motifs is 1. The van der Waals surface area contributed by atoms with Crippen LogP contribution in [0, 0.1) is 0 Å². The molecule has 0 amide bonds. The topological polar surface area (TPSA) is 56.3 Å². The van der Waals surface area contributed by atoms with Gasteiger partial charge in [0.25, 0.3) is 0 Å². The van der Waals surface area contributed by atoms with Gasteiger partial charge >= 0.3 is 6.01 Å². The molecule has 5 nitrogen and oxygen atoms in total. The predicted molar refractivity (Wildman–Crippen MR) is 103 cm³/mol. The molecule has 0 radical (unpaired) electrons. The highest BCUT2D eigenvalue weighted by Gasteiger charge is 2.12. The summed E-state index contributed by atoms with van der Waals surface area (Å²) in [5, 5.41) is 4.51. The molecule has 132 valence electrons. The van der Waals surface area contributed by atoms with Gasteiger partial charge in [0.15, 0.2) is 0 Å². The minimum absolute atomic E-state index is 0.404. The first-order valence-electron chi connectivity index (χ1n) is 8.44. The molecule has 0 atom stereocenters. The lowest BCUT2D eigenvalue weighted by Gasteiger charge is -2.09. The third-order valence-corrected chi connectivity index (χ3v) is 5.03. The Morgan fingerprint density at radius 1 is 1.08 bits per heavy atom. The largest absolute Gasteiger partial charge is 0.497 e. The first-order valence-corrected chi connectivity index (χ1v) is 9.26. The summed E-state index contributed by atoms with van der Waals surface area (Å²) in [5.74, 6) is 1.72. The van der Waals surface area contributed by atoms with Gasteiger partial charge in [-0.15, -0.1) is 11.3 Å². The molecular weight excluding hydrogens is 334 g/mol. The Bertz CT molecular complexity index is 848. The molecule has 3 aromatic rings. The molecular formula is C19H23N3O2S. The average molecular weight is 357 g/mol. The molecule has 0 aliphatic heterocycles. The summed E-state index contributed by atoms with van der Waals surface area (Å²) in [6.45, 7) is 2.96. The molecule has 0 fully saturated rings. The summed E-state index contributed by atoms with van der Waals surface area (Å²) >= 11 is 1.71. The van der Waals surface area contributed by atoms with Crippen molar-refractivity contribution < 1.29 is 9.47 Å². The maximum Gasteiger partial charge on any atom is 0.319 e. The highest BCUT2D eigenvalue weighted by atomic mass is 32.1. The first-order chi connectivity index (χ1) is 12.2. The van der Waals surface area contributed by atoms with Crippen LogP contribution in [0.4, 0.5) is 5.82 Å². The second-order valence-corrected chi connectivity index (χ2v) is 6.88. The van der Waals surface area contributed by atoms with E-state index < -0.39 is 0 Å². The van der Waals surface area contributed by atoms with Crippen molar-refractivity contribution in [1.82, 2.24) is 9.97 Å². The van der Waals surface area contributed by atoms with E-state index in [9.17, 15) is 0 Å². The van der Waals surface area contributed by atoms with Crippen LogP contribution in [-0.2, 0) is 12.8 Å². The zero-order valence-corrected chi connectivity index (χ0v) is 15.7. The molecule has 0 saturated carbocycles. The highest BCUT2D eigenvalue weighted by molar-refractivity contribution is 7.18. The van der Waals surface area contributed by atoms with Crippen molar-refractivity contribution in [2.45, 2.75) is 26.2 Å². The van der Waals surface area contributed by atoms with Gasteiger partial charge in [-0.3, -0.25) is 0 Å². The summed E-state index contributed by atoms with van der Waals surface area (Å²) in [5.41, 5.74) is 1.22. The lowest BCUT2D eigenvalue weighted by Crippen LogP contribution is -2.07. The number of hydrogen-bond acceptors (Lipinski definition) is 6. The van der Waals surface area contributed by atoms with E-state index in [0.717, 1.165) is 47.6 Å². The van der Waals surface area contributed by atoms with Crippen molar-refractivity contribution >= 4 is 27.4 Å². The number of aromatic nitrogens is 2. The molecule has 0 aliphatic carbocycles. The van der Waals surface area contributed by atoms with Crippen LogP contribution in [0.2, 0.25) is 0 Å². The van der Waals surface area contributed by atoms with E-state index >= 15 is 0 Å². The maximum absolute atomic E-state index is 5.28. The molecule has 0 saturated heterocycles. The fourth-order valence-electron chi connectivity index (χ4n) is 2.70. The summed E-state index contributed by atoms with van der Waals surface area (Å²) in [6, 6.07) is 10.7. The van der Waals surface area contributed by atoms with Crippen molar-refractivity contribution in [3.63, 3.8) is 0 Å². The number of rotatable bonds is 8. The Morgan fingerprint density at radius 3 is 2.72 bits per heavy atom. The van der Waals surface area contributed by atoms with Gasteiger partial charge in [-0.1, -0.05) is 25.5 Å². The first kappa shape index (κ1) is 17.5. The number of aryl methyl sites for hydroxylation is 1. The van der Waals surface area contributed by atoms with E-state index in [-0.39, 0.29) is 0 Å². The second kappa shape index (κ2) is 8.16. The van der Waals surface area contributed by atoms with Gasteiger partial charge in [-0.05, 0) is 36.6 Å². The third kappa shape index (κ3) is 4.20. The normalized spacial score (nSPS) is 10.8. The van der Waals surface area contributed by atoms with Gasteiger partial charge in [0.2, 0.25) is 0 Å². The zero-order valence-electron chi connectivity index (χ0n) is 14.8. The average Bonchev–Trinajstić information content (AvgIpc) is 3.04. The summed E-state index contributed by atoms with van der Waals surface area (Å²) in [7, 11) is 3.29. The van der Waals surface area contributed by atoms with Crippen LogP contribution < -0.4 is 14.8 Å². The molecule has 0 bridgehead atoms. The smallest absolute Gasteiger partial charge is 0.319 e. The van der Waals surface area contributed by atoms with Gasteiger partial charge in [0, 0.05) is 11.4 Å². The van der Waals surface area contributed by atoms with Crippen LogP contribution in [-0.4, -0.2) is 30.7 Å². The lowest BCUT2D eigenvalue weighted by molar-refractivity contribution is 0.382. The van der Waals surface area contributed by atoms with E-state index in [4.69, 9.17) is 9.47 Å². The number of anilines is 1. The zero-order chi connectivity index (χ0) is 17.6. The molecule has 1 aromatic carbocycles. The van der Waals surface area contributed by atoms with E-state index in [1.807, 2.05) is 12.1 Å². The molecule has 25 heavy (non-hydrogen) atoms. The molecule has 2 aromatic heterocycles. The van der Waals surface area contributed by atoms with Gasteiger partial charge in [0.05, 0.1) is 19.6 Å². The molecule has 0 unspecified atom stereocenters. The van der Waals surface area contributed by atoms with Gasteiger partial charge in [-0.2, -0.15) is 9.97 Å². The number of ether oxygens (including phenoxy) is 2. The molecule has 1 N–H and O–H groups in total. The summed E-state index contributed by atoms with van der Waals surface area (Å²) < 4.78 is 10.5. The Balaban J connectivity index is 1.77. The van der Waals surface area contributed by atoms with Crippen LogP contribution >= 0.6 is 11.3 Å². The Kier molecular flexibility index (Phi) is 5.71. The molecule has 3 rings (SSSR count). The molecule has 6 heteroatoms. The van der Waals surface area contributed by atoms with Gasteiger partial charge in [-0.25, -0.2) is 0 Å². The van der Waals surface area contributed by atoms with Crippen molar-refractivity contribution in [3.05, 3.63) is 40.8 Å². The van der Waals surface area contributed by atoms with Crippen LogP contribution in [0.25, 0.3) is 10.2 Å². The van der Waals surface area contributed by atoms with Crippen LogP contribution in [0.1, 0.15) is 23.8 Å². The van der Waals surface area contributed by atoms with Crippen molar-refractivity contribution in [2.24, 2.45) is 0 Å². The van der Waals surface area contributed by atoms with Crippen LogP contribution in [0.15, 0.2) is 30.3 Å². The maximum atomic E-state index is 5.28. The quantitative estimate of drug-likeness (QED) is 0.651. The number of benzene rings is 1. The number of methoxy groups -OCH3 is 2. The molecule has 0 aliphatic rings. The fraction of sp³-hybridized carbons (Fsp3) is 0.368. The van der Waals surface area contributed by atoms with Crippen molar-refractivity contribution in [3.8, 4) is 11.8 Å². The predicted octanol–water partition coefficient (Wildman–Crippen LogP) is 4.32. The van der Waals surface area contributed by atoms with Crippen molar-refractivity contribution in [1.29, 1.82) is 0 Å². The highest BCUT2D eigenvalue weighted by Crippen LogP contribution is 2.31. The number of thiophene rings is 1. The third-order valence-electron chi connectivity index (χ3n) is 3.94. The minimum Gasteiger partial charge on any atom is -0.497 e. The molecule has 0 spiro atoms. The van der Waals surface area contributed by atoms with E-state index in [1.54, 1.807) is 25.6 Å². The number of hydrogen-bond donors (Lipinski definition) is 1. The Hall–Kier alpha value is -2.34. The fourth-order valence-corrected chi connectivity index (χ4v) is 3.82. The van der Waals surface area contributed by atoms with Gasteiger partial charge in [0.1, 0.15) is 16.4 Å². The summed E-state index contributed by atoms with van der Waals surface area (Å²) in [6.07, 6.45) is 3.07. The Morgan fingerprint density at radius 2 is 1.96 bits per heavy atom. The van der Waals surface area contributed by atoms with E-state index in [2.05, 4.69) is 40.4 Å². The standard InChI is InChI=1S/C19H23N3O2S/c1-4-6-15-12-16-17(21-19(24-3)22-18(16)25-15)20-10-9-13-7-5-8-14(11-13)23-2/h5,7-8,11-12H,4,6,9-10H2,1-3H3,(H,20,21,22). The minimum atomic E-state index is 0.404. The van der Waals surface area contributed by atoms with Crippen LogP contribution in [0.5, 0.6) is 11.8 Å². The Labute approximate surface area is 152 Å². The van der Waals surface area contributed by atoms with E-state index in [1.165, 1.54) is 10.4 Å². The second-order valence-electron chi connectivity index (χ2n) is 5.77. The summed E-state index contributed by atoms with van der Waals surface area (Å²) in [4.78, 5) is 11.3. The van der Waals surface area contributed by atoms with Crippen molar-refractivity contribution in [2.75, 3.05) is 26.1 Å². The number of nitrogens with zero attached hydrogens (tertiary/aromatic N) is 2. The SMILES string of the molecule is CCCc1cc2c(NCCc3cccc(OC)c3)nc(OC)nc2s1.